The summed E-state index contributed by atoms with van der Waals surface area (Å²) in [6.45, 7) is -4.17. The molecule has 21 rings (SSSR count). The molecule has 750 valence electrons. The minimum absolute atomic E-state index is 0.0648. The van der Waals surface area contributed by atoms with Crippen LogP contribution in [0.15, 0.2) is 72.8 Å². The van der Waals surface area contributed by atoms with Crippen LogP contribution in [0.1, 0.15) is 125 Å². The molecule has 51 heteroatoms. The number of rotatable bonds is 21. The maximum atomic E-state index is 13.7. The zero-order valence-corrected chi connectivity index (χ0v) is 75.5. The number of esters is 3. The number of hydrogen-bond donors (Lipinski definition) is 12. The van der Waals surface area contributed by atoms with E-state index in [2.05, 4.69) is 4.52 Å². The molecule has 138 heavy (non-hydrogen) atoms. The van der Waals surface area contributed by atoms with Gasteiger partial charge in [-0.25, -0.2) is 13.7 Å². The first-order valence-corrected chi connectivity index (χ1v) is 47.0. The van der Waals surface area contributed by atoms with Crippen molar-refractivity contribution in [1.82, 2.24) is 0 Å². The van der Waals surface area contributed by atoms with Gasteiger partial charge in [-0.2, -0.15) is 0 Å². The number of phosphoric ester groups is 3. The standard InChI is InChI=1S/3C29H33O16P/c3*1-11-38-9-20-27(42-11)23(30)24(31)29(43-20)44-25-14-7-17-16(40-10-41-17)6-13(14)21(22-15(25)8-39-28(22)32)12-4-18(36-2)26(19(5-12)37-3)45-46(33,34)35/h3*4-7,11,15,20-25,27,29-31H,8-10H2,1-3H3,(H2,33,34,35)/t3*11-,15+,20-,21-,22+,23-,24-,25-,27-,29+/m111/s1/i2D3,3D3,9D2;9D2,21D;9D2. The van der Waals surface area contributed by atoms with Crippen LogP contribution < -0.4 is 70.4 Å². The maximum absolute atomic E-state index is 13.7. The first-order valence-electron chi connectivity index (χ1n) is 48.9. The van der Waals surface area contributed by atoms with Crippen molar-refractivity contribution in [1.29, 1.82) is 0 Å². The van der Waals surface area contributed by atoms with Crippen molar-refractivity contribution in [2.45, 2.75) is 168 Å². The fourth-order valence-electron chi connectivity index (χ4n) is 19.8. The zero-order valence-electron chi connectivity index (χ0n) is 85.8. The highest BCUT2D eigenvalue weighted by Gasteiger charge is 2.62. The summed E-state index contributed by atoms with van der Waals surface area (Å²) in [6.07, 6.45) is -30.3. The molecule has 12 aliphatic heterocycles. The van der Waals surface area contributed by atoms with E-state index >= 15 is 0 Å². The second-order valence-corrected chi connectivity index (χ2v) is 37.1. The third-order valence-corrected chi connectivity index (χ3v) is 26.9. The Bertz CT molecular complexity index is 6310. The number of aliphatic hydroxyl groups is 6. The predicted octanol–water partition coefficient (Wildman–Crippen LogP) is 3.31. The van der Waals surface area contributed by atoms with E-state index in [1.165, 1.54) is 91.7 Å². The van der Waals surface area contributed by atoms with Crippen LogP contribution in [-0.2, 0) is 99.1 Å². The van der Waals surface area contributed by atoms with Crippen LogP contribution in [0.4, 0.5) is 0 Å². The summed E-state index contributed by atoms with van der Waals surface area (Å²) in [5, 5.41) is 66.5. The van der Waals surface area contributed by atoms with Gasteiger partial charge in [0.05, 0.1) is 135 Å². The van der Waals surface area contributed by atoms with Gasteiger partial charge in [-0.05, 0) is 144 Å². The summed E-state index contributed by atoms with van der Waals surface area (Å²) < 4.78 is 307. The Morgan fingerprint density at radius 1 is 0.348 bits per heavy atom. The molecule has 0 spiro atoms. The molecule has 48 nitrogen and oxygen atoms in total. The number of carbonyl (C=O) groups excluding carboxylic acids is 3. The highest BCUT2D eigenvalue weighted by molar-refractivity contribution is 7.47. The van der Waals surface area contributed by atoms with Crippen LogP contribution in [0.3, 0.4) is 0 Å². The number of fused-ring (bicyclic) bond motifs is 12. The Labute approximate surface area is 801 Å². The summed E-state index contributed by atoms with van der Waals surface area (Å²) >= 11 is 0. The summed E-state index contributed by atoms with van der Waals surface area (Å²) in [5.41, 5.74) is 2.37. The van der Waals surface area contributed by atoms with Crippen molar-refractivity contribution in [3.8, 4) is 86.2 Å². The summed E-state index contributed by atoms with van der Waals surface area (Å²) in [4.78, 5) is 98.1. The fourth-order valence-corrected chi connectivity index (χ4v) is 21.0. The second kappa shape index (κ2) is 38.4. The molecular formula is C87H99O48P3. The highest BCUT2D eigenvalue weighted by atomic mass is 31.2. The van der Waals surface area contributed by atoms with Gasteiger partial charge in [0.25, 0.3) is 0 Å². The van der Waals surface area contributed by atoms with E-state index in [9.17, 15) is 89.4 Å². The first kappa shape index (κ1) is 82.1. The van der Waals surface area contributed by atoms with Crippen LogP contribution in [-0.4, -0.2) is 291 Å². The van der Waals surface area contributed by atoms with E-state index in [1.807, 2.05) is 0 Å². The number of aliphatic hydroxyl groups excluding tert-OH is 6. The van der Waals surface area contributed by atoms with Gasteiger partial charge in [0, 0.05) is 36.9 Å². The number of methoxy groups -OCH3 is 6. The third-order valence-electron chi connectivity index (χ3n) is 25.6. The number of phosphoric acid groups is 3. The normalized spacial score (nSPS) is 37.8. The molecule has 9 fully saturated rings. The Morgan fingerprint density at radius 2 is 0.616 bits per heavy atom. The van der Waals surface area contributed by atoms with Crippen LogP contribution in [0.2, 0.25) is 0 Å². The smallest absolute Gasteiger partial charge is 0.493 e. The van der Waals surface area contributed by atoms with Crippen molar-refractivity contribution in [3.63, 3.8) is 0 Å². The van der Waals surface area contributed by atoms with Gasteiger partial charge in [0.15, 0.2) is 107 Å². The quantitative estimate of drug-likeness (QED) is 0.0279. The Hall–Kier alpha value is -9.54. The number of carbonyl (C=O) groups is 3. The van der Waals surface area contributed by atoms with Crippen LogP contribution in [0.25, 0.3) is 0 Å². The van der Waals surface area contributed by atoms with Gasteiger partial charge >= 0.3 is 41.4 Å². The molecule has 6 aromatic rings. The lowest BCUT2D eigenvalue weighted by molar-refractivity contribution is -0.364. The van der Waals surface area contributed by atoms with Gasteiger partial charge in [-0.15, -0.1) is 0 Å². The predicted molar refractivity (Wildman–Crippen MR) is 448 cm³/mol. The topological polar surface area (TPSA) is 622 Å². The second-order valence-electron chi connectivity index (χ2n) is 33.6. The molecule has 9 saturated heterocycles. The molecule has 12 heterocycles. The van der Waals surface area contributed by atoms with E-state index in [0.29, 0.717) is 28.2 Å². The van der Waals surface area contributed by atoms with E-state index in [4.69, 9.17) is 153 Å². The first-order chi connectivity index (χ1) is 70.8. The lowest BCUT2D eigenvalue weighted by Gasteiger charge is -2.47. The van der Waals surface area contributed by atoms with E-state index < -0.39 is 281 Å². The number of cyclic esters (lactones) is 3. The van der Waals surface area contributed by atoms with Crippen molar-refractivity contribution in [2.75, 3.05) is 102 Å². The van der Waals surface area contributed by atoms with Crippen LogP contribution in [0, 0.1) is 35.5 Å². The van der Waals surface area contributed by atoms with Gasteiger partial charge in [0.2, 0.25) is 37.6 Å². The molecule has 6 aromatic carbocycles. The number of ether oxygens (including phenoxy) is 27. The molecule has 3 aliphatic carbocycles. The van der Waals surface area contributed by atoms with Crippen molar-refractivity contribution in [2.24, 2.45) is 35.5 Å². The maximum Gasteiger partial charge on any atom is 0.525 e. The van der Waals surface area contributed by atoms with Crippen LogP contribution in [0.5, 0.6) is 86.2 Å². The number of hydrogen-bond acceptors (Lipinski definition) is 42. The van der Waals surface area contributed by atoms with Crippen LogP contribution >= 0.6 is 23.5 Å². The highest BCUT2D eigenvalue weighted by Crippen LogP contribution is 2.64. The summed E-state index contributed by atoms with van der Waals surface area (Å²) in [7, 11) is -17.2. The molecule has 15 aliphatic rings. The Balaban J connectivity index is 0.000000142. The molecule has 0 saturated carbocycles. The summed E-state index contributed by atoms with van der Waals surface area (Å²) in [6, 6.07) is 16.8. The molecule has 0 unspecified atom stereocenters. The Kier molecular flexibility index (Phi) is 22.8. The van der Waals surface area contributed by atoms with E-state index in [-0.39, 0.29) is 125 Å². The molecule has 30 atom stereocenters. The molecule has 12 N–H and O–H groups in total. The van der Waals surface area contributed by atoms with Crippen molar-refractivity contribution in [3.05, 3.63) is 123 Å². The van der Waals surface area contributed by atoms with E-state index in [1.54, 1.807) is 18.2 Å². The minimum Gasteiger partial charge on any atom is -0.493 e. The minimum atomic E-state index is -5.50. The summed E-state index contributed by atoms with van der Waals surface area (Å²) in [5.74, 6) is -14.8. The average Bonchev–Trinajstić information content (AvgIpc) is 1.61. The van der Waals surface area contributed by atoms with E-state index in [0.717, 1.165) is 12.1 Å². The number of benzene rings is 6. The lowest BCUT2D eigenvalue weighted by atomic mass is 9.66. The SMILES string of the molecule is [2H]C([2H])([2H])Oc1cc([C@@H]2c3cc4c(cc3[C@@H](O[C@@H]3O[C@H]5[C@@H](O[C@H](C)OC5([2H])[2H])[C@H](O)[C@H]3O)[C@H]3COC(=O)[C@H]23)OCO4)cc(OC([2H])([2H])[2H])c1OP(=O)(O)O.[2H]C1([2H])O[C@@H](C)O[C@H]2[C@H](O)[C@@H](O)[C@H](O[C@@H]3c4cc5c(cc4[C@@H](c4cc(OC)c(OP(=O)(O)O)c(OC)c4)[C@H]4C(=O)OC[C@@H]43)OCO5)O[C@@H]21.[2H]C1([2H])O[C@@H](C)O[C@H]2[C@H](O)[C@@H](O)[C@H](O[C@@H]3c4cc5c(cc4[C@@]([2H])(c4cc(OC)c(OP(=O)(O)O)c(OC)c4)[C@H]4C(=O)OC[C@H]34)OCO5)O[C@@H]21. The third kappa shape index (κ3) is 18.3. The molecule has 0 radical (unpaired) electrons. The van der Waals surface area contributed by atoms with Crippen molar-refractivity contribution >= 4 is 41.4 Å². The molecule has 0 bridgehead atoms. The zero-order chi connectivity index (χ0) is 109. The van der Waals surface area contributed by atoms with Gasteiger partial charge < -0.3 is 172 Å². The molecule has 0 amide bonds. The largest absolute Gasteiger partial charge is 0.525 e. The average molecular weight is 2020 g/mol. The van der Waals surface area contributed by atoms with Crippen molar-refractivity contribution < 1.29 is 247 Å². The van der Waals surface area contributed by atoms with Gasteiger partial charge in [-0.1, -0.05) is 0 Å². The van der Waals surface area contributed by atoms with Gasteiger partial charge in [0.1, 0.15) is 73.2 Å². The van der Waals surface area contributed by atoms with Gasteiger partial charge in [-0.3, -0.25) is 43.7 Å². The lowest BCUT2D eigenvalue weighted by Crippen LogP contribution is -2.63. The molecule has 0 aromatic heterocycles. The molecular weight excluding hydrogens is 1910 g/mol. The monoisotopic (exact) mass is 2020 g/mol. The Morgan fingerprint density at radius 3 is 0.913 bits per heavy atom. The fraction of sp³-hybridized carbons (Fsp3) is 0.552.